The Labute approximate surface area is 399 Å². The quantitative estimate of drug-likeness (QED) is 0.0729. The largest absolute Gasteiger partial charge is 0.497 e. The van der Waals surface area contributed by atoms with Crippen LogP contribution in [0.3, 0.4) is 0 Å². The third-order valence-electron chi connectivity index (χ3n) is 13.6. The minimum absolute atomic E-state index is 0. The molecule has 5 heterocycles. The standard InChI is InChI=1S/C38H38N4O3.C18H16O4.CH4.H2/c1-5-24-21-42-14-13-26(24)18-33(42)34(41-36-35(37(43)38(36)44)39-27-16-22(2)15-23(3)17-27)30-20-32(25-9-7-6-8-10-25)40-31-12-11-28(45-4)19-29(30)31;1-11-8-9-13-14(10-11)17(19)22-16(15(13)18(20)21-2)12-6-4-3-5-7-12;;/h5-12,15-17,19-20,24,26,33-34,39,41H,1,13-14,18,21H2,2-4H3;3-10,15-16H,1-2H3;1H4;1H/t24?,26?,33?,34-;15-,16+;;/m01../s1. The van der Waals surface area contributed by atoms with Crippen LogP contribution in [-0.2, 0) is 14.3 Å². The second kappa shape index (κ2) is 19.8. The molecule has 0 spiro atoms. The van der Waals surface area contributed by atoms with Gasteiger partial charge in [-0.3, -0.25) is 19.3 Å². The first kappa shape index (κ1) is 47.1. The van der Waals surface area contributed by atoms with E-state index >= 15 is 0 Å². The Morgan fingerprint density at radius 3 is 2.22 bits per heavy atom. The van der Waals surface area contributed by atoms with E-state index in [1.807, 2.05) is 112 Å². The minimum Gasteiger partial charge on any atom is -0.497 e. The number of ether oxygens (including phenoxy) is 3. The van der Waals surface area contributed by atoms with Crippen molar-refractivity contribution in [3.8, 4) is 17.0 Å². The van der Waals surface area contributed by atoms with Crippen molar-refractivity contribution < 1.29 is 25.2 Å². The number of methoxy groups -OCH3 is 2. The molecular weight excluding hydrogens is 853 g/mol. The van der Waals surface area contributed by atoms with Crippen LogP contribution < -0.4 is 26.2 Å². The number of cyclic esters (lactones) is 1. The number of piperidine rings is 3. The molecule has 3 fully saturated rings. The van der Waals surface area contributed by atoms with Crippen LogP contribution in [0.4, 0.5) is 17.1 Å². The van der Waals surface area contributed by atoms with E-state index in [2.05, 4.69) is 52.5 Å². The van der Waals surface area contributed by atoms with Crippen molar-refractivity contribution in [2.75, 3.05) is 37.9 Å². The maximum atomic E-state index is 13.3. The summed E-state index contributed by atoms with van der Waals surface area (Å²) in [5.41, 5.74) is 9.15. The highest BCUT2D eigenvalue weighted by Crippen LogP contribution is 2.45. The lowest BCUT2D eigenvalue weighted by molar-refractivity contribution is -0.146. The molecule has 0 amide bonds. The molecule has 0 aliphatic carbocycles. The molecule has 350 valence electrons. The van der Waals surface area contributed by atoms with Gasteiger partial charge in [0.1, 0.15) is 29.1 Å². The second-order valence-corrected chi connectivity index (χ2v) is 18.0. The van der Waals surface area contributed by atoms with Crippen LogP contribution in [-0.4, -0.2) is 55.2 Å². The summed E-state index contributed by atoms with van der Waals surface area (Å²) >= 11 is 0. The van der Waals surface area contributed by atoms with Gasteiger partial charge in [-0.05, 0) is 122 Å². The fourth-order valence-electron chi connectivity index (χ4n) is 10.3. The number of esters is 2. The first-order chi connectivity index (χ1) is 32.4. The molecule has 0 radical (unpaired) electrons. The number of aromatic nitrogens is 1. The van der Waals surface area contributed by atoms with Crippen LogP contribution in [0, 0.1) is 32.6 Å². The number of carbonyl (C=O) groups is 2. The smallest absolute Gasteiger partial charge is 0.339 e. The maximum absolute atomic E-state index is 13.3. The fraction of sp³-hybridized carbons (Fsp3) is 0.281. The van der Waals surface area contributed by atoms with Gasteiger partial charge in [-0.1, -0.05) is 97.9 Å². The summed E-state index contributed by atoms with van der Waals surface area (Å²) in [7, 11) is 3.01. The number of anilines is 3. The van der Waals surface area contributed by atoms with Gasteiger partial charge in [0.15, 0.2) is 0 Å². The highest BCUT2D eigenvalue weighted by Gasteiger charge is 2.44. The first-order valence-corrected chi connectivity index (χ1v) is 22.7. The maximum Gasteiger partial charge on any atom is 0.339 e. The van der Waals surface area contributed by atoms with Crippen molar-refractivity contribution in [3.63, 3.8) is 0 Å². The number of benzene rings is 5. The van der Waals surface area contributed by atoms with Crippen LogP contribution in [0.5, 0.6) is 5.75 Å². The monoisotopic (exact) mass is 912 g/mol. The lowest BCUT2D eigenvalue weighted by atomic mass is 9.72. The van der Waals surface area contributed by atoms with Crippen molar-refractivity contribution in [1.29, 1.82) is 0 Å². The van der Waals surface area contributed by atoms with Gasteiger partial charge >= 0.3 is 11.9 Å². The highest BCUT2D eigenvalue weighted by atomic mass is 16.6. The average Bonchev–Trinajstić information content (AvgIpc) is 3.36. The molecule has 2 bridgehead atoms. The third-order valence-corrected chi connectivity index (χ3v) is 13.6. The molecule has 68 heavy (non-hydrogen) atoms. The zero-order valence-corrected chi connectivity index (χ0v) is 38.4. The fourth-order valence-corrected chi connectivity index (χ4v) is 10.3. The number of pyridine rings is 1. The van der Waals surface area contributed by atoms with Crippen LogP contribution in [0.2, 0.25) is 0 Å². The number of hydrogen-bond donors (Lipinski definition) is 2. The lowest BCUT2D eigenvalue weighted by Crippen LogP contribution is -2.56. The van der Waals surface area contributed by atoms with Gasteiger partial charge in [0.25, 0.3) is 10.9 Å². The van der Waals surface area contributed by atoms with Gasteiger partial charge in [-0.25, -0.2) is 9.78 Å². The number of hydrogen-bond acceptors (Lipinski definition) is 11. The summed E-state index contributed by atoms with van der Waals surface area (Å²) in [6, 6.07) is 38.8. The van der Waals surface area contributed by atoms with Gasteiger partial charge < -0.3 is 24.8 Å². The predicted molar refractivity (Wildman–Crippen MR) is 272 cm³/mol. The number of rotatable bonds is 11. The zero-order valence-electron chi connectivity index (χ0n) is 38.4. The second-order valence-electron chi connectivity index (χ2n) is 18.0. The number of aryl methyl sites for hydroxylation is 3. The predicted octanol–water partition coefficient (Wildman–Crippen LogP) is 11.0. The van der Waals surface area contributed by atoms with Crippen molar-refractivity contribution in [3.05, 3.63) is 193 Å². The Hall–Kier alpha value is -7.37. The molecule has 0 saturated carbocycles. The van der Waals surface area contributed by atoms with Crippen molar-refractivity contribution in [2.24, 2.45) is 11.8 Å². The van der Waals surface area contributed by atoms with Gasteiger partial charge in [0.2, 0.25) is 0 Å². The molecule has 4 unspecified atom stereocenters. The number of carbonyl (C=O) groups excluding carboxylic acids is 2. The van der Waals surface area contributed by atoms with Gasteiger partial charge in [0, 0.05) is 30.7 Å². The Bertz CT molecular complexity index is 3060. The van der Waals surface area contributed by atoms with Crippen LogP contribution in [0.1, 0.15) is 83.5 Å². The summed E-state index contributed by atoms with van der Waals surface area (Å²) in [6.45, 7) is 12.0. The first-order valence-electron chi connectivity index (χ1n) is 22.7. The van der Waals surface area contributed by atoms with E-state index in [1.165, 1.54) is 7.11 Å². The van der Waals surface area contributed by atoms with E-state index in [4.69, 9.17) is 19.2 Å². The van der Waals surface area contributed by atoms with Crippen LogP contribution in [0.15, 0.2) is 144 Å². The molecule has 2 N–H and O–H groups in total. The van der Waals surface area contributed by atoms with Crippen LogP contribution in [0.25, 0.3) is 22.2 Å². The molecule has 7 atom stereocenters. The molecule has 7 aromatic rings. The van der Waals surface area contributed by atoms with Gasteiger partial charge in [-0.15, -0.1) is 6.58 Å². The molecule has 1 aromatic heterocycles. The molecule has 4 aliphatic rings. The lowest BCUT2D eigenvalue weighted by Gasteiger charge is -2.52. The summed E-state index contributed by atoms with van der Waals surface area (Å²) in [5, 5.41) is 7.89. The average molecular weight is 913 g/mol. The Morgan fingerprint density at radius 2 is 1.56 bits per heavy atom. The summed E-state index contributed by atoms with van der Waals surface area (Å²) in [6.07, 6.45) is 3.51. The van der Waals surface area contributed by atoms with Crippen LogP contribution >= 0.6 is 0 Å². The third kappa shape index (κ3) is 9.18. The van der Waals surface area contributed by atoms with Crippen molar-refractivity contribution >= 4 is 39.9 Å². The zero-order chi connectivity index (χ0) is 46.9. The van der Waals surface area contributed by atoms with E-state index in [9.17, 15) is 19.2 Å². The Morgan fingerprint density at radius 1 is 0.853 bits per heavy atom. The topological polar surface area (TPSA) is 136 Å². The van der Waals surface area contributed by atoms with E-state index in [1.54, 1.807) is 13.2 Å². The highest BCUT2D eigenvalue weighted by molar-refractivity contribution is 5.96. The number of fused-ring (bicyclic) bond motifs is 5. The molecule has 11 nitrogen and oxygen atoms in total. The van der Waals surface area contributed by atoms with Gasteiger partial charge in [0.05, 0.1) is 37.0 Å². The normalized spacial score (nSPS) is 20.7. The number of nitrogens with one attached hydrogen (secondary N) is 2. The molecule has 4 aliphatic heterocycles. The molecule has 11 heteroatoms. The number of nitrogens with zero attached hydrogens (tertiary/aromatic N) is 2. The van der Waals surface area contributed by atoms with Crippen molar-refractivity contribution in [1.82, 2.24) is 9.88 Å². The Kier molecular flexibility index (Phi) is 13.8. The van der Waals surface area contributed by atoms with E-state index < -0.39 is 34.8 Å². The molecular formula is C57H60N4O7. The molecule has 11 rings (SSSR count). The van der Waals surface area contributed by atoms with Gasteiger partial charge in [-0.2, -0.15) is 0 Å². The molecule has 6 aromatic carbocycles. The summed E-state index contributed by atoms with van der Waals surface area (Å²) in [5.74, 6) is 0.219. The Balaban J connectivity index is 0.000000247. The van der Waals surface area contributed by atoms with E-state index in [0.29, 0.717) is 34.3 Å². The molecule has 3 saturated heterocycles. The van der Waals surface area contributed by atoms with E-state index in [-0.39, 0.29) is 20.9 Å². The summed E-state index contributed by atoms with van der Waals surface area (Å²) in [4.78, 5) is 58.5. The SMILES string of the molecule is C.C=CC1CN2CCC1CC2[C@@H](Nc1c(Nc2cc(C)cc(C)c2)c(=O)c1=O)c1cc(-c2ccccc2)nc2ccc(OC)cc12.COC(=O)[C@@H]1c2ccc(C)cc2C(=O)O[C@H]1c1ccccc1.[HH]. The van der Waals surface area contributed by atoms with E-state index in [0.717, 1.165) is 87.3 Å². The van der Waals surface area contributed by atoms with Crippen molar-refractivity contribution in [2.45, 2.75) is 65.1 Å². The minimum atomic E-state index is -0.670. The summed E-state index contributed by atoms with van der Waals surface area (Å²) < 4.78 is 16.1.